The Balaban J connectivity index is 1.10. The van der Waals surface area contributed by atoms with Crippen LogP contribution in [0, 0.1) is 5.92 Å². The highest BCUT2D eigenvalue weighted by molar-refractivity contribution is 7.91. The molecule has 0 bridgehead atoms. The van der Waals surface area contributed by atoms with E-state index in [2.05, 4.69) is 20.5 Å². The van der Waals surface area contributed by atoms with Gasteiger partial charge in [-0.05, 0) is 74.1 Å². The van der Waals surface area contributed by atoms with Crippen LogP contribution in [-0.2, 0) is 29.1 Å². The monoisotopic (exact) mass is 770 g/mol. The minimum absolute atomic E-state index is 0.00406. The van der Waals surface area contributed by atoms with Crippen molar-refractivity contribution in [3.05, 3.63) is 77.2 Å². The molecule has 8 rings (SSSR count). The molecule has 4 fully saturated rings. The van der Waals surface area contributed by atoms with Gasteiger partial charge in [0.25, 0.3) is 11.5 Å². The standard InChI is InChI=1S/C40H46N6O8S/c47-35-20-26(32-16-8-11-25-10-6-7-15-31(25)32)23-41-46(35)28-21-34-36(48)43-40(38(50)44-55(52,53)30-18-19-30)22-27(40)12-4-2-1-3-5-17-33(37(49)45(34)24-28)42-39(51)54-29-13-9-14-29/h4,6-8,10-12,15-16,20,23,27-30,33-34H,1-3,5,9,13-14,17-19,21-22,24H2,(H,42,51)(H,43,48)(H,44,50)/b12-4-/t27?,28?,33?,34-,40?/m0/s1. The van der Waals surface area contributed by atoms with E-state index in [4.69, 9.17) is 4.74 Å². The van der Waals surface area contributed by atoms with Gasteiger partial charge in [0.1, 0.15) is 23.7 Å². The maximum absolute atomic E-state index is 14.5. The Morgan fingerprint density at radius 1 is 0.945 bits per heavy atom. The summed E-state index contributed by atoms with van der Waals surface area (Å²) < 4.78 is 34.7. The average molecular weight is 771 g/mol. The molecule has 1 saturated heterocycles. The quantitative estimate of drug-likeness (QED) is 0.300. The number of allylic oxidation sites excluding steroid dienone is 1. The minimum atomic E-state index is -3.91. The summed E-state index contributed by atoms with van der Waals surface area (Å²) >= 11 is 0. The molecule has 15 heteroatoms. The third-order valence-corrected chi connectivity index (χ3v) is 13.6. The summed E-state index contributed by atoms with van der Waals surface area (Å²) in [7, 11) is -3.91. The number of carbonyl (C=O) groups excluding carboxylic acids is 4. The summed E-state index contributed by atoms with van der Waals surface area (Å²) in [5.74, 6) is -2.42. The van der Waals surface area contributed by atoms with Crippen molar-refractivity contribution in [3.8, 4) is 11.1 Å². The first kappa shape index (κ1) is 36.9. The van der Waals surface area contributed by atoms with Gasteiger partial charge in [0.05, 0.1) is 17.5 Å². The number of sulfonamides is 1. The summed E-state index contributed by atoms with van der Waals surface area (Å²) in [4.78, 5) is 70.8. The number of benzene rings is 2. The lowest BCUT2D eigenvalue weighted by molar-refractivity contribution is -0.141. The first-order valence-corrected chi connectivity index (χ1v) is 21.0. The third kappa shape index (κ3) is 7.63. The lowest BCUT2D eigenvalue weighted by atomic mass is 9.96. The van der Waals surface area contributed by atoms with Crippen molar-refractivity contribution >= 4 is 44.6 Å². The molecule has 290 valence electrons. The lowest BCUT2D eigenvalue weighted by Gasteiger charge is -2.31. The molecule has 3 heterocycles. The van der Waals surface area contributed by atoms with Gasteiger partial charge in [0.2, 0.25) is 21.8 Å². The zero-order chi connectivity index (χ0) is 38.3. The van der Waals surface area contributed by atoms with E-state index < -0.39 is 74.2 Å². The summed E-state index contributed by atoms with van der Waals surface area (Å²) in [6, 6.07) is 12.3. The molecule has 5 atom stereocenters. The molecule has 0 spiro atoms. The number of nitrogens with one attached hydrogen (secondary N) is 3. The molecule has 3 saturated carbocycles. The highest BCUT2D eigenvalue weighted by Gasteiger charge is 2.62. The number of nitrogens with zero attached hydrogens (tertiary/aromatic N) is 3. The minimum Gasteiger partial charge on any atom is -0.446 e. The molecule has 2 aromatic carbocycles. The van der Waals surface area contributed by atoms with E-state index in [1.165, 1.54) is 15.6 Å². The van der Waals surface area contributed by atoms with E-state index in [9.17, 15) is 32.4 Å². The van der Waals surface area contributed by atoms with E-state index in [1.807, 2.05) is 54.6 Å². The molecule has 2 aliphatic heterocycles. The lowest BCUT2D eigenvalue weighted by Crippen LogP contribution is -2.58. The van der Waals surface area contributed by atoms with Crippen molar-refractivity contribution in [1.29, 1.82) is 0 Å². The Hall–Kier alpha value is -5.05. The van der Waals surface area contributed by atoms with Crippen molar-refractivity contribution in [2.24, 2.45) is 5.92 Å². The molecule has 55 heavy (non-hydrogen) atoms. The Morgan fingerprint density at radius 2 is 1.75 bits per heavy atom. The fourth-order valence-corrected chi connectivity index (χ4v) is 9.45. The van der Waals surface area contributed by atoms with Crippen molar-refractivity contribution in [3.63, 3.8) is 0 Å². The number of fused-ring (bicyclic) bond motifs is 3. The van der Waals surface area contributed by atoms with Crippen LogP contribution in [0.3, 0.4) is 0 Å². The van der Waals surface area contributed by atoms with Crippen LogP contribution in [-0.4, -0.2) is 82.4 Å². The largest absolute Gasteiger partial charge is 0.446 e. The number of hydrogen-bond acceptors (Lipinski definition) is 9. The molecule has 4 unspecified atom stereocenters. The van der Waals surface area contributed by atoms with Crippen LogP contribution < -0.4 is 20.9 Å². The van der Waals surface area contributed by atoms with Crippen LogP contribution in [0.4, 0.5) is 4.79 Å². The molecule has 5 aliphatic rings. The van der Waals surface area contributed by atoms with Gasteiger partial charge in [-0.1, -0.05) is 67.5 Å². The van der Waals surface area contributed by atoms with Crippen LogP contribution in [0.15, 0.2) is 71.7 Å². The number of ether oxygens (including phenoxy) is 1. The molecule has 3 N–H and O–H groups in total. The van der Waals surface area contributed by atoms with Gasteiger partial charge in [0.15, 0.2) is 0 Å². The first-order valence-electron chi connectivity index (χ1n) is 19.4. The highest BCUT2D eigenvalue weighted by Crippen LogP contribution is 2.46. The molecule has 4 amide bonds. The number of carbonyl (C=O) groups is 4. The van der Waals surface area contributed by atoms with Gasteiger partial charge in [0, 0.05) is 30.5 Å². The van der Waals surface area contributed by atoms with Crippen molar-refractivity contribution in [2.45, 2.75) is 112 Å². The predicted octanol–water partition coefficient (Wildman–Crippen LogP) is 3.86. The fourth-order valence-electron chi connectivity index (χ4n) is 8.09. The molecule has 3 aliphatic carbocycles. The van der Waals surface area contributed by atoms with Gasteiger partial charge >= 0.3 is 6.09 Å². The summed E-state index contributed by atoms with van der Waals surface area (Å²) in [6.45, 7) is -0.0636. The number of rotatable bonds is 7. The fraction of sp³-hybridized carbons (Fsp3) is 0.500. The Kier molecular flexibility index (Phi) is 9.99. The molecular formula is C40H46N6O8S. The van der Waals surface area contributed by atoms with Crippen LogP contribution in [0.1, 0.15) is 83.1 Å². The van der Waals surface area contributed by atoms with Gasteiger partial charge in [-0.15, -0.1) is 0 Å². The second-order valence-corrected chi connectivity index (χ2v) is 17.6. The zero-order valence-corrected chi connectivity index (χ0v) is 31.3. The average Bonchev–Trinajstić information content (AvgIpc) is 4.08. The Morgan fingerprint density at radius 3 is 2.51 bits per heavy atom. The molecule has 0 radical (unpaired) electrons. The van der Waals surface area contributed by atoms with Gasteiger partial charge in [-0.25, -0.2) is 17.9 Å². The maximum Gasteiger partial charge on any atom is 0.408 e. The summed E-state index contributed by atoms with van der Waals surface area (Å²) in [6.07, 6.45) is 11.3. The van der Waals surface area contributed by atoms with Gasteiger partial charge in [-0.3, -0.25) is 23.9 Å². The van der Waals surface area contributed by atoms with Crippen LogP contribution >= 0.6 is 0 Å². The molecular weight excluding hydrogens is 725 g/mol. The van der Waals surface area contributed by atoms with Crippen molar-refractivity contribution in [2.75, 3.05) is 6.54 Å². The smallest absolute Gasteiger partial charge is 0.408 e. The number of amides is 4. The summed E-state index contributed by atoms with van der Waals surface area (Å²) in [5, 5.41) is 11.5. The number of alkyl carbamates (subject to hydrolysis) is 1. The summed E-state index contributed by atoms with van der Waals surface area (Å²) in [5.41, 5.74) is -0.484. The molecule has 3 aromatic rings. The predicted molar refractivity (Wildman–Crippen MR) is 203 cm³/mol. The number of hydrogen-bond donors (Lipinski definition) is 3. The van der Waals surface area contributed by atoms with E-state index in [0.717, 1.165) is 48.4 Å². The van der Waals surface area contributed by atoms with Gasteiger partial charge < -0.3 is 20.3 Å². The second-order valence-electron chi connectivity index (χ2n) is 15.6. The second kappa shape index (κ2) is 14.9. The first-order chi connectivity index (χ1) is 26.5. The van der Waals surface area contributed by atoms with E-state index in [0.29, 0.717) is 37.7 Å². The van der Waals surface area contributed by atoms with Crippen molar-refractivity contribution < 1.29 is 32.3 Å². The molecule has 14 nitrogen and oxygen atoms in total. The highest BCUT2D eigenvalue weighted by atomic mass is 32.2. The topological polar surface area (TPSA) is 186 Å². The normalized spacial score (nSPS) is 28.0. The number of aromatic nitrogens is 2. The van der Waals surface area contributed by atoms with Crippen molar-refractivity contribution in [1.82, 2.24) is 30.0 Å². The van der Waals surface area contributed by atoms with Gasteiger partial charge in [-0.2, -0.15) is 5.10 Å². The SMILES string of the molecule is O=C(NC1CCCCC/C=C\C2CC2(C(=O)NS(=O)(=O)C2CC2)NC(=O)[C@@H]2CC(n3ncc(-c4cccc5ccccc45)cc3=O)CN2C1=O)OC1CCC1. The zero-order valence-electron chi connectivity index (χ0n) is 30.5. The maximum atomic E-state index is 14.5. The Bertz CT molecular complexity index is 2210. The Labute approximate surface area is 319 Å². The molecule has 1 aromatic heterocycles. The van der Waals surface area contributed by atoms with E-state index in [1.54, 1.807) is 6.20 Å². The van der Waals surface area contributed by atoms with Crippen LogP contribution in [0.2, 0.25) is 0 Å². The van der Waals surface area contributed by atoms with E-state index >= 15 is 0 Å². The van der Waals surface area contributed by atoms with E-state index in [-0.39, 0.29) is 25.5 Å². The third-order valence-electron chi connectivity index (χ3n) is 11.7. The van der Waals surface area contributed by atoms with Crippen LogP contribution in [0.5, 0.6) is 0 Å². The van der Waals surface area contributed by atoms with Crippen LogP contribution in [0.25, 0.3) is 21.9 Å².